The van der Waals surface area contributed by atoms with Gasteiger partial charge in [-0.2, -0.15) is 0 Å². The number of rotatable bonds is 10. The van der Waals surface area contributed by atoms with Crippen molar-refractivity contribution in [3.8, 4) is 11.5 Å². The highest BCUT2D eigenvalue weighted by Crippen LogP contribution is 2.42. The van der Waals surface area contributed by atoms with Gasteiger partial charge in [-0.25, -0.2) is 0 Å². The molecule has 1 atom stereocenters. The van der Waals surface area contributed by atoms with Gasteiger partial charge >= 0.3 is 0 Å². The van der Waals surface area contributed by atoms with Gasteiger partial charge in [0.1, 0.15) is 11.5 Å². The fourth-order valence-corrected chi connectivity index (χ4v) is 6.05. The van der Waals surface area contributed by atoms with Crippen LogP contribution in [0.25, 0.3) is 0 Å². The van der Waals surface area contributed by atoms with Crippen molar-refractivity contribution in [3.63, 3.8) is 0 Å². The Balaban J connectivity index is 1.17. The molecule has 2 aliphatic rings. The van der Waals surface area contributed by atoms with E-state index in [0.717, 1.165) is 68.7 Å². The summed E-state index contributed by atoms with van der Waals surface area (Å²) in [5, 5.41) is 3.24. The molecule has 5 rings (SSSR count). The lowest BCUT2D eigenvalue weighted by molar-refractivity contribution is -0.138. The highest BCUT2D eigenvalue weighted by atomic mass is 16.5. The molecular weight excluding hydrogens is 502 g/mol. The number of nitrogens with one attached hydrogen (secondary N) is 1. The van der Waals surface area contributed by atoms with E-state index in [1.165, 1.54) is 0 Å². The minimum Gasteiger partial charge on any atom is -0.497 e. The number of methoxy groups -OCH3 is 2. The zero-order valence-corrected chi connectivity index (χ0v) is 23.5. The molecule has 2 amide bonds. The maximum atomic E-state index is 13.5. The lowest BCUT2D eigenvalue weighted by atomic mass is 9.77. The first-order valence-corrected chi connectivity index (χ1v) is 14.1. The molecule has 1 N–H and O–H groups in total. The molecule has 2 aliphatic heterocycles. The van der Waals surface area contributed by atoms with Crippen LogP contribution in [-0.4, -0.2) is 62.0 Å². The fraction of sp³-hybridized carbons (Fsp3) is 0.394. The van der Waals surface area contributed by atoms with Crippen LogP contribution in [0.15, 0.2) is 78.9 Å². The van der Waals surface area contributed by atoms with Crippen LogP contribution < -0.4 is 14.8 Å². The lowest BCUT2D eigenvalue weighted by Crippen LogP contribution is -2.45. The monoisotopic (exact) mass is 541 g/mol. The smallest absolute Gasteiger partial charge is 0.255 e. The van der Waals surface area contributed by atoms with Crippen LogP contribution in [-0.2, 0) is 11.3 Å². The molecule has 3 aromatic rings. The number of benzene rings is 3. The summed E-state index contributed by atoms with van der Waals surface area (Å²) < 4.78 is 10.7. The molecule has 3 aromatic carbocycles. The molecule has 1 spiro atoms. The largest absolute Gasteiger partial charge is 0.497 e. The highest BCUT2D eigenvalue weighted by Gasteiger charge is 2.47. The van der Waals surface area contributed by atoms with Gasteiger partial charge in [-0.3, -0.25) is 9.59 Å². The summed E-state index contributed by atoms with van der Waals surface area (Å²) >= 11 is 0. The number of para-hydroxylation sites is 1. The first-order valence-electron chi connectivity index (χ1n) is 14.1. The highest BCUT2D eigenvalue weighted by molar-refractivity contribution is 5.97. The van der Waals surface area contributed by atoms with Crippen LogP contribution in [0.2, 0.25) is 0 Å². The van der Waals surface area contributed by atoms with E-state index in [0.29, 0.717) is 23.8 Å². The van der Waals surface area contributed by atoms with Gasteiger partial charge in [-0.1, -0.05) is 54.6 Å². The van der Waals surface area contributed by atoms with Gasteiger partial charge in [0.2, 0.25) is 5.91 Å². The molecule has 40 heavy (non-hydrogen) atoms. The third-order valence-electron chi connectivity index (χ3n) is 8.54. The van der Waals surface area contributed by atoms with Gasteiger partial charge in [0.25, 0.3) is 5.91 Å². The molecule has 2 fully saturated rings. The maximum absolute atomic E-state index is 13.5. The van der Waals surface area contributed by atoms with Crippen LogP contribution in [0.1, 0.15) is 53.2 Å². The van der Waals surface area contributed by atoms with Crippen molar-refractivity contribution in [3.05, 3.63) is 95.6 Å². The first kappa shape index (κ1) is 27.7. The van der Waals surface area contributed by atoms with Gasteiger partial charge in [0, 0.05) is 19.6 Å². The molecule has 7 nitrogen and oxygen atoms in total. The zero-order chi connectivity index (χ0) is 28.0. The van der Waals surface area contributed by atoms with Gasteiger partial charge in [0.15, 0.2) is 0 Å². The Kier molecular flexibility index (Phi) is 8.70. The Morgan fingerprint density at radius 2 is 1.55 bits per heavy atom. The van der Waals surface area contributed by atoms with E-state index in [9.17, 15) is 9.59 Å². The molecule has 2 saturated heterocycles. The summed E-state index contributed by atoms with van der Waals surface area (Å²) in [5.41, 5.74) is 2.51. The number of carbonyl (C=O) groups is 2. The Morgan fingerprint density at radius 1 is 0.875 bits per heavy atom. The Morgan fingerprint density at radius 3 is 2.25 bits per heavy atom. The van der Waals surface area contributed by atoms with Crippen molar-refractivity contribution >= 4 is 11.8 Å². The van der Waals surface area contributed by atoms with Crippen LogP contribution in [0.3, 0.4) is 0 Å². The van der Waals surface area contributed by atoms with E-state index in [-0.39, 0.29) is 17.4 Å². The van der Waals surface area contributed by atoms with Crippen molar-refractivity contribution in [2.75, 3.05) is 40.4 Å². The van der Waals surface area contributed by atoms with Crippen molar-refractivity contribution in [1.29, 1.82) is 0 Å². The van der Waals surface area contributed by atoms with Gasteiger partial charge < -0.3 is 24.6 Å². The molecule has 0 saturated carbocycles. The summed E-state index contributed by atoms with van der Waals surface area (Å²) in [6.07, 6.45) is 3.48. The molecule has 0 aliphatic carbocycles. The quantitative estimate of drug-likeness (QED) is 0.388. The molecule has 1 unspecified atom stereocenters. The number of hydrogen-bond donors (Lipinski definition) is 1. The number of piperidine rings is 1. The van der Waals surface area contributed by atoms with E-state index in [2.05, 4.69) is 22.3 Å². The standard InChI is InChI=1S/C33H39N3O4/c1-39-27-14-12-25(13-15-27)24-36-23-19-33(32(36)38)17-21-35(22-18-33)20-16-29(26-8-4-3-5-9-26)34-31(37)28-10-6-7-11-30(28)40-2/h3-15,29H,16-24H2,1-2H3,(H,34,37). The first-order chi connectivity index (χ1) is 19.5. The Hall–Kier alpha value is -3.84. The van der Waals surface area contributed by atoms with Gasteiger partial charge in [-0.05, 0) is 74.2 Å². The number of hydrogen-bond acceptors (Lipinski definition) is 5. The van der Waals surface area contributed by atoms with Crippen molar-refractivity contribution in [2.24, 2.45) is 5.41 Å². The average molecular weight is 542 g/mol. The molecule has 0 aromatic heterocycles. The number of ether oxygens (including phenoxy) is 2. The van der Waals surface area contributed by atoms with Crippen LogP contribution in [0.5, 0.6) is 11.5 Å². The van der Waals surface area contributed by atoms with E-state index in [1.54, 1.807) is 26.4 Å². The molecular formula is C33H39N3O4. The number of amides is 2. The summed E-state index contributed by atoms with van der Waals surface area (Å²) in [6.45, 7) is 4.11. The maximum Gasteiger partial charge on any atom is 0.255 e. The molecule has 0 bridgehead atoms. The summed E-state index contributed by atoms with van der Waals surface area (Å²) in [7, 11) is 3.24. The van der Waals surface area contributed by atoms with Crippen LogP contribution in [0.4, 0.5) is 0 Å². The minimum atomic E-state index is -0.236. The van der Waals surface area contributed by atoms with Crippen molar-refractivity contribution in [1.82, 2.24) is 15.1 Å². The van der Waals surface area contributed by atoms with E-state index in [4.69, 9.17) is 9.47 Å². The minimum absolute atomic E-state index is 0.123. The van der Waals surface area contributed by atoms with Gasteiger partial charge in [0.05, 0.1) is 31.2 Å². The average Bonchev–Trinajstić information content (AvgIpc) is 3.30. The Bertz CT molecular complexity index is 1290. The number of nitrogens with zero attached hydrogens (tertiary/aromatic N) is 2. The predicted octanol–water partition coefficient (Wildman–Crippen LogP) is 5.08. The summed E-state index contributed by atoms with van der Waals surface area (Å²) in [5.74, 6) is 1.55. The second-order valence-electron chi connectivity index (χ2n) is 10.9. The normalized spacial score (nSPS) is 17.6. The predicted molar refractivity (Wildman–Crippen MR) is 155 cm³/mol. The second-order valence-corrected chi connectivity index (χ2v) is 10.9. The molecule has 210 valence electrons. The zero-order valence-electron chi connectivity index (χ0n) is 23.5. The third-order valence-corrected chi connectivity index (χ3v) is 8.54. The Labute approximate surface area is 237 Å². The lowest BCUT2D eigenvalue weighted by Gasteiger charge is -2.38. The van der Waals surface area contributed by atoms with Crippen molar-refractivity contribution < 1.29 is 19.1 Å². The van der Waals surface area contributed by atoms with Crippen LogP contribution >= 0.6 is 0 Å². The van der Waals surface area contributed by atoms with Crippen LogP contribution in [0, 0.1) is 5.41 Å². The summed E-state index contributed by atoms with van der Waals surface area (Å²) in [4.78, 5) is 31.2. The fourth-order valence-electron chi connectivity index (χ4n) is 6.05. The molecule has 7 heteroatoms. The molecule has 2 heterocycles. The van der Waals surface area contributed by atoms with E-state index < -0.39 is 0 Å². The SMILES string of the molecule is COc1ccc(CN2CCC3(CCN(CCC(NC(=O)c4ccccc4OC)c4ccccc4)CC3)C2=O)cc1. The number of carbonyl (C=O) groups excluding carboxylic acids is 2. The third kappa shape index (κ3) is 6.15. The van der Waals surface area contributed by atoms with E-state index >= 15 is 0 Å². The topological polar surface area (TPSA) is 71.1 Å². The molecule has 0 radical (unpaired) electrons. The van der Waals surface area contributed by atoms with E-state index in [1.807, 2.05) is 59.5 Å². The second kappa shape index (κ2) is 12.6. The summed E-state index contributed by atoms with van der Waals surface area (Å²) in [6, 6.07) is 25.3. The number of likely N-dealkylation sites (tertiary alicyclic amines) is 2. The van der Waals surface area contributed by atoms with Gasteiger partial charge in [-0.15, -0.1) is 0 Å². The van der Waals surface area contributed by atoms with Crippen molar-refractivity contribution in [2.45, 2.75) is 38.3 Å².